The number of aromatic nitrogens is 1. The quantitative estimate of drug-likeness (QED) is 0.655. The normalized spacial score (nSPS) is 22.0. The van der Waals surface area contributed by atoms with Gasteiger partial charge in [0, 0.05) is 30.9 Å². The van der Waals surface area contributed by atoms with Crippen LogP contribution in [0.5, 0.6) is 11.5 Å². The van der Waals surface area contributed by atoms with Gasteiger partial charge in [0.25, 0.3) is 0 Å². The predicted octanol–water partition coefficient (Wildman–Crippen LogP) is 2.09. The molecule has 2 atom stereocenters. The van der Waals surface area contributed by atoms with Gasteiger partial charge in [0.15, 0.2) is 16.9 Å². The summed E-state index contributed by atoms with van der Waals surface area (Å²) in [6, 6.07) is 11.1. The first-order valence-electron chi connectivity index (χ1n) is 10.1. The van der Waals surface area contributed by atoms with Gasteiger partial charge in [-0.15, -0.1) is 0 Å². The molecule has 0 radical (unpaired) electrons. The first-order valence-corrected chi connectivity index (χ1v) is 10.1. The van der Waals surface area contributed by atoms with E-state index in [1.54, 1.807) is 30.1 Å². The molecule has 1 saturated heterocycles. The molecule has 0 aliphatic carbocycles. The van der Waals surface area contributed by atoms with Gasteiger partial charge in [0.05, 0.1) is 17.3 Å². The highest BCUT2D eigenvalue weighted by Gasteiger charge is 2.50. The number of hydrogen-bond donors (Lipinski definition) is 1. The maximum atomic E-state index is 13.5. The first kappa shape index (κ1) is 18.0. The fraction of sp³-hybridized carbons (Fsp3) is 0.261. The monoisotopic (exact) mass is 417 g/mol. The molecule has 2 aromatic carbocycles. The minimum Gasteiger partial charge on any atom is -0.454 e. The van der Waals surface area contributed by atoms with Gasteiger partial charge in [-0.1, -0.05) is 18.2 Å². The number of carbonyl (C=O) groups excluding carboxylic acids is 2. The lowest BCUT2D eigenvalue weighted by Crippen LogP contribution is -2.38. The van der Waals surface area contributed by atoms with Crippen LogP contribution in [0.15, 0.2) is 47.3 Å². The molecular weight excluding hydrogens is 398 g/mol. The molecular formula is C23H19N3O5. The van der Waals surface area contributed by atoms with Crippen LogP contribution in [0.25, 0.3) is 10.9 Å². The van der Waals surface area contributed by atoms with Gasteiger partial charge in [0.1, 0.15) is 6.04 Å². The second-order valence-electron chi connectivity index (χ2n) is 8.06. The van der Waals surface area contributed by atoms with Crippen molar-refractivity contribution in [3.63, 3.8) is 0 Å². The topological polar surface area (TPSA) is 91.9 Å². The number of aromatic amines is 1. The minimum atomic E-state index is -0.959. The molecule has 0 spiro atoms. The molecule has 2 amide bonds. The zero-order valence-corrected chi connectivity index (χ0v) is 16.8. The molecule has 4 heterocycles. The number of benzene rings is 2. The van der Waals surface area contributed by atoms with E-state index in [4.69, 9.17) is 9.47 Å². The maximum absolute atomic E-state index is 13.5. The Morgan fingerprint density at radius 1 is 1.00 bits per heavy atom. The zero-order chi connectivity index (χ0) is 21.3. The molecule has 0 bridgehead atoms. The van der Waals surface area contributed by atoms with Gasteiger partial charge in [-0.3, -0.25) is 14.4 Å². The number of carbonyl (C=O) groups is 2. The highest BCUT2D eigenvalue weighted by atomic mass is 16.7. The number of amides is 2. The third-order valence-electron chi connectivity index (χ3n) is 6.35. The SMILES string of the molecule is CN1CCC(=O)N2C(C1=O)c1c([nH]c3ccccc3c1=O)C2c1ccc2c(c1)OCO2. The van der Waals surface area contributed by atoms with Crippen molar-refractivity contribution < 1.29 is 19.1 Å². The Morgan fingerprint density at radius 2 is 1.81 bits per heavy atom. The van der Waals surface area contributed by atoms with E-state index < -0.39 is 12.1 Å². The number of fused-ring (bicyclic) bond motifs is 5. The Labute approximate surface area is 177 Å². The summed E-state index contributed by atoms with van der Waals surface area (Å²) < 4.78 is 11.0. The summed E-state index contributed by atoms with van der Waals surface area (Å²) in [4.78, 5) is 46.6. The second kappa shape index (κ2) is 6.34. The van der Waals surface area contributed by atoms with Crippen LogP contribution in [0.3, 0.4) is 0 Å². The summed E-state index contributed by atoms with van der Waals surface area (Å²) in [5, 5.41) is 0.500. The van der Waals surface area contributed by atoms with Crippen LogP contribution in [0, 0.1) is 0 Å². The van der Waals surface area contributed by atoms with Gasteiger partial charge in [0.2, 0.25) is 18.6 Å². The molecule has 6 rings (SSSR count). The fourth-order valence-electron chi connectivity index (χ4n) is 4.84. The van der Waals surface area contributed by atoms with Crippen LogP contribution in [0.4, 0.5) is 0 Å². The Balaban J connectivity index is 1.65. The van der Waals surface area contributed by atoms with Crippen molar-refractivity contribution in [1.29, 1.82) is 0 Å². The molecule has 2 unspecified atom stereocenters. The number of likely N-dealkylation sites (N-methyl/N-ethyl adjacent to an activating group) is 1. The number of nitrogens with one attached hydrogen (secondary N) is 1. The Hall–Kier alpha value is -3.81. The van der Waals surface area contributed by atoms with Gasteiger partial charge in [-0.2, -0.15) is 0 Å². The van der Waals surface area contributed by atoms with Crippen molar-refractivity contribution in [2.45, 2.75) is 18.5 Å². The summed E-state index contributed by atoms with van der Waals surface area (Å²) in [6.07, 6.45) is 0.196. The van der Waals surface area contributed by atoms with Crippen LogP contribution < -0.4 is 14.9 Å². The lowest BCUT2D eigenvalue weighted by molar-refractivity contribution is -0.141. The molecule has 3 aliphatic rings. The number of ether oxygens (including phenoxy) is 2. The lowest BCUT2D eigenvalue weighted by atomic mass is 9.99. The predicted molar refractivity (Wildman–Crippen MR) is 111 cm³/mol. The van der Waals surface area contributed by atoms with Crippen molar-refractivity contribution in [2.24, 2.45) is 0 Å². The third-order valence-corrected chi connectivity index (χ3v) is 6.35. The molecule has 1 N–H and O–H groups in total. The van der Waals surface area contributed by atoms with Gasteiger partial charge < -0.3 is 24.3 Å². The summed E-state index contributed by atoms with van der Waals surface area (Å²) >= 11 is 0. The van der Waals surface area contributed by atoms with Crippen molar-refractivity contribution >= 4 is 22.7 Å². The summed E-state index contributed by atoms with van der Waals surface area (Å²) in [5.74, 6) is 0.787. The van der Waals surface area contributed by atoms with E-state index in [9.17, 15) is 14.4 Å². The smallest absolute Gasteiger partial charge is 0.250 e. The summed E-state index contributed by atoms with van der Waals surface area (Å²) in [5.41, 5.74) is 2.12. The third kappa shape index (κ3) is 2.44. The van der Waals surface area contributed by atoms with Crippen molar-refractivity contribution in [3.05, 3.63) is 69.5 Å². The number of hydrogen-bond acceptors (Lipinski definition) is 5. The second-order valence-corrected chi connectivity index (χ2v) is 8.06. The van der Waals surface area contributed by atoms with Crippen molar-refractivity contribution in [3.8, 4) is 11.5 Å². The van der Waals surface area contributed by atoms with Crippen LogP contribution in [0.1, 0.15) is 35.3 Å². The van der Waals surface area contributed by atoms with Crippen molar-refractivity contribution in [2.75, 3.05) is 20.4 Å². The molecule has 3 aliphatic heterocycles. The van der Waals surface area contributed by atoms with E-state index in [1.807, 2.05) is 24.3 Å². The van der Waals surface area contributed by atoms with E-state index in [0.717, 1.165) is 5.56 Å². The molecule has 0 saturated carbocycles. The molecule has 3 aromatic rings. The van der Waals surface area contributed by atoms with Crippen molar-refractivity contribution in [1.82, 2.24) is 14.8 Å². The number of H-pyrrole nitrogens is 1. The first-order chi connectivity index (χ1) is 15.0. The number of nitrogens with zero attached hydrogens (tertiary/aromatic N) is 2. The van der Waals surface area contributed by atoms with E-state index in [0.29, 0.717) is 40.2 Å². The van der Waals surface area contributed by atoms with E-state index in [-0.39, 0.29) is 30.5 Å². The molecule has 31 heavy (non-hydrogen) atoms. The number of para-hydroxylation sites is 1. The molecule has 8 nitrogen and oxygen atoms in total. The average Bonchev–Trinajstić information content (AvgIpc) is 3.36. The van der Waals surface area contributed by atoms with Gasteiger partial charge in [-0.25, -0.2) is 0 Å². The number of rotatable bonds is 1. The van der Waals surface area contributed by atoms with E-state index in [2.05, 4.69) is 4.98 Å². The largest absolute Gasteiger partial charge is 0.454 e. The van der Waals surface area contributed by atoms with E-state index in [1.165, 1.54) is 4.90 Å². The molecule has 1 fully saturated rings. The minimum absolute atomic E-state index is 0.135. The van der Waals surface area contributed by atoms with Crippen LogP contribution in [-0.2, 0) is 9.59 Å². The summed E-state index contributed by atoms with van der Waals surface area (Å²) in [7, 11) is 1.67. The number of pyridine rings is 1. The van der Waals surface area contributed by atoms with Crippen LogP contribution in [0.2, 0.25) is 0 Å². The Bertz CT molecular complexity index is 1330. The van der Waals surface area contributed by atoms with Gasteiger partial charge in [-0.05, 0) is 29.8 Å². The maximum Gasteiger partial charge on any atom is 0.250 e. The summed E-state index contributed by atoms with van der Waals surface area (Å²) in [6.45, 7) is 0.454. The highest BCUT2D eigenvalue weighted by Crippen LogP contribution is 2.47. The van der Waals surface area contributed by atoms with Crippen LogP contribution >= 0.6 is 0 Å². The van der Waals surface area contributed by atoms with Crippen LogP contribution in [-0.4, -0.2) is 47.0 Å². The Kier molecular flexibility index (Phi) is 3.68. The highest BCUT2D eigenvalue weighted by molar-refractivity contribution is 5.94. The standard InChI is InChI=1S/C23H19N3O5/c1-25-9-8-17(27)26-20(12-6-7-15-16(10-12)31-11-30-15)19-18(21(26)23(25)29)22(28)13-4-2-3-5-14(13)24-19/h2-7,10,20-21H,8-9,11H2,1H3,(H,24,28). The molecule has 8 heteroatoms. The molecule has 156 valence electrons. The van der Waals surface area contributed by atoms with E-state index >= 15 is 0 Å². The fourth-order valence-corrected chi connectivity index (χ4v) is 4.84. The zero-order valence-electron chi connectivity index (χ0n) is 16.8. The Morgan fingerprint density at radius 3 is 2.68 bits per heavy atom. The lowest BCUT2D eigenvalue weighted by Gasteiger charge is -2.28. The average molecular weight is 417 g/mol. The van der Waals surface area contributed by atoms with Gasteiger partial charge >= 0.3 is 0 Å². The molecule has 1 aromatic heterocycles.